The number of imidazole rings is 1. The lowest BCUT2D eigenvalue weighted by Crippen LogP contribution is -3.00. The number of azo groups is 1. The van der Waals surface area contributed by atoms with Crippen LogP contribution in [0.1, 0.15) is 43.0 Å². The molecule has 20 heteroatoms. The highest BCUT2D eigenvalue weighted by atomic mass is 127. The summed E-state index contributed by atoms with van der Waals surface area (Å²) in [6.45, 7) is 0.252. The Bertz CT molecular complexity index is 3140. The van der Waals surface area contributed by atoms with Crippen LogP contribution in [0.3, 0.4) is 0 Å². The predicted molar refractivity (Wildman–Crippen MR) is 261 cm³/mol. The fraction of sp³-hybridized carbons (Fsp3) is 0.113. The third-order valence-corrected chi connectivity index (χ3v) is 10.7. The van der Waals surface area contributed by atoms with E-state index in [0.29, 0.717) is 34.1 Å². The number of ether oxygens (including phenoxy) is 2. The Morgan fingerprint density at radius 1 is 0.589 bits per heavy atom. The van der Waals surface area contributed by atoms with Gasteiger partial charge in [0.05, 0.1) is 37.8 Å². The van der Waals surface area contributed by atoms with Crippen LogP contribution in [0.2, 0.25) is 0 Å². The number of aromatic nitrogens is 3. The van der Waals surface area contributed by atoms with Gasteiger partial charge in [-0.15, -0.1) is 0 Å². The molecule has 0 atom stereocenters. The van der Waals surface area contributed by atoms with Crippen LogP contribution in [0.5, 0.6) is 11.8 Å². The molecule has 0 spiro atoms. The first kappa shape index (κ1) is 53.3. The summed E-state index contributed by atoms with van der Waals surface area (Å²) in [4.78, 5) is 74.4. The van der Waals surface area contributed by atoms with E-state index in [1.54, 1.807) is 127 Å². The van der Waals surface area contributed by atoms with Crippen LogP contribution in [0.25, 0.3) is 10.8 Å². The number of aromatic hydroxyl groups is 2. The molecule has 0 unspecified atom stereocenters. The van der Waals surface area contributed by atoms with Crippen LogP contribution in [-0.2, 0) is 47.6 Å². The largest absolute Gasteiger partial charge is 1.00 e. The summed E-state index contributed by atoms with van der Waals surface area (Å²) in [5, 5.41) is 32.0. The quantitative estimate of drug-likeness (QED) is 0.0524. The SMILES string of the molecule is C[n+]1ccn(C(=O)N(Cc2ccccc2)N2C(=O)c3ccccc3C2=O)c1.NCC(=O)OCc1ccccc1.O=C(N=NC(=O)N(Cc1ccccc1)n1c(O)c2ccccc2c1O)OCc1ccccc1.[I-]. The number of rotatable bonds is 11. The van der Waals surface area contributed by atoms with Gasteiger partial charge in [0.1, 0.15) is 25.6 Å². The molecule has 73 heavy (non-hydrogen) atoms. The second kappa shape index (κ2) is 25.7. The highest BCUT2D eigenvalue weighted by Crippen LogP contribution is 2.36. The van der Waals surface area contributed by atoms with Crippen molar-refractivity contribution in [1.82, 2.24) is 19.3 Å². The first-order valence-corrected chi connectivity index (χ1v) is 22.2. The molecule has 3 heterocycles. The third-order valence-electron chi connectivity index (χ3n) is 10.7. The number of halogens is 1. The van der Waals surface area contributed by atoms with E-state index in [-0.39, 0.29) is 67.9 Å². The molecule has 19 nitrogen and oxygen atoms in total. The molecule has 0 bridgehead atoms. The summed E-state index contributed by atoms with van der Waals surface area (Å²) < 4.78 is 13.8. The highest BCUT2D eigenvalue weighted by molar-refractivity contribution is 6.21. The van der Waals surface area contributed by atoms with Gasteiger partial charge in [-0.05, 0) is 46.5 Å². The first-order chi connectivity index (χ1) is 34.9. The number of aryl methyl sites for hydroxylation is 1. The van der Waals surface area contributed by atoms with Gasteiger partial charge in [0, 0.05) is 10.8 Å². The van der Waals surface area contributed by atoms with Crippen molar-refractivity contribution in [3.05, 3.63) is 222 Å². The lowest BCUT2D eigenvalue weighted by Gasteiger charge is -2.27. The molecule has 9 rings (SSSR count). The van der Waals surface area contributed by atoms with E-state index in [4.69, 9.17) is 15.2 Å². The van der Waals surface area contributed by atoms with Gasteiger partial charge in [0.2, 0.25) is 11.8 Å². The number of imide groups is 1. The number of carbonyl (C=O) groups is 6. The number of carbonyl (C=O) groups excluding carboxylic acids is 6. The van der Waals surface area contributed by atoms with Crippen LogP contribution in [-0.4, -0.2) is 72.0 Å². The van der Waals surface area contributed by atoms with E-state index in [1.807, 2.05) is 72.8 Å². The van der Waals surface area contributed by atoms with Crippen molar-refractivity contribution in [2.75, 3.05) is 11.6 Å². The molecule has 0 aliphatic carbocycles. The predicted octanol–water partition coefficient (Wildman–Crippen LogP) is 4.79. The maximum Gasteiger partial charge on any atom is 0.452 e. The molecule has 8 aromatic rings. The lowest BCUT2D eigenvalue weighted by atomic mass is 10.1. The van der Waals surface area contributed by atoms with Gasteiger partial charge in [-0.3, -0.25) is 14.4 Å². The van der Waals surface area contributed by atoms with Crippen LogP contribution >= 0.6 is 0 Å². The number of nitrogens with two attached hydrogens (primary N) is 1. The Morgan fingerprint density at radius 2 is 1.01 bits per heavy atom. The van der Waals surface area contributed by atoms with Gasteiger partial charge in [0.25, 0.3) is 18.1 Å². The van der Waals surface area contributed by atoms with E-state index in [9.17, 15) is 39.0 Å². The molecule has 6 aromatic carbocycles. The number of hydrazine groups is 1. The molecule has 0 fully saturated rings. The molecule has 0 radical (unpaired) electrons. The Kier molecular flexibility index (Phi) is 18.8. The van der Waals surface area contributed by atoms with E-state index >= 15 is 0 Å². The average Bonchev–Trinajstić information content (AvgIpc) is 4.05. The molecular formula is C53H48IN9O10. The minimum absolute atomic E-state index is 0. The number of esters is 1. The Balaban J connectivity index is 0.000000195. The van der Waals surface area contributed by atoms with Crippen molar-refractivity contribution in [2.45, 2.75) is 26.3 Å². The number of fused-ring (bicyclic) bond motifs is 2. The van der Waals surface area contributed by atoms with Crippen LogP contribution in [0.15, 0.2) is 199 Å². The molecule has 372 valence electrons. The number of benzene rings is 6. The summed E-state index contributed by atoms with van der Waals surface area (Å²) in [6, 6.07) is 48.3. The zero-order chi connectivity index (χ0) is 51.0. The molecule has 2 aromatic heterocycles. The molecule has 4 N–H and O–H groups in total. The van der Waals surface area contributed by atoms with Crippen molar-refractivity contribution >= 4 is 46.7 Å². The topological polar surface area (TPSA) is 236 Å². The second-order valence-corrected chi connectivity index (χ2v) is 15.7. The molecular weight excluding hydrogens is 1050 g/mol. The Labute approximate surface area is 435 Å². The molecule has 0 saturated heterocycles. The van der Waals surface area contributed by atoms with Crippen LogP contribution in [0.4, 0.5) is 14.4 Å². The van der Waals surface area contributed by atoms with Gasteiger partial charge in [-0.2, -0.15) is 14.3 Å². The van der Waals surface area contributed by atoms with Gasteiger partial charge < -0.3 is 49.4 Å². The maximum absolute atomic E-state index is 13.1. The number of hydrogen-bond donors (Lipinski definition) is 3. The first-order valence-electron chi connectivity index (χ1n) is 22.2. The molecule has 6 amide bonds. The van der Waals surface area contributed by atoms with Crippen LogP contribution in [0, 0.1) is 0 Å². The minimum atomic E-state index is -1.04. The van der Waals surface area contributed by atoms with E-state index in [2.05, 4.69) is 10.2 Å². The number of amides is 6. The van der Waals surface area contributed by atoms with E-state index < -0.39 is 30.0 Å². The van der Waals surface area contributed by atoms with Crippen molar-refractivity contribution < 1.29 is 77.0 Å². The van der Waals surface area contributed by atoms with Gasteiger partial charge in [0.15, 0.2) is 0 Å². The van der Waals surface area contributed by atoms with Crippen molar-refractivity contribution in [1.29, 1.82) is 0 Å². The summed E-state index contributed by atoms with van der Waals surface area (Å²) in [5.41, 5.74) is 8.89. The van der Waals surface area contributed by atoms with Crippen molar-refractivity contribution in [2.24, 2.45) is 23.0 Å². The fourth-order valence-corrected chi connectivity index (χ4v) is 7.16. The fourth-order valence-electron chi connectivity index (χ4n) is 7.16. The monoisotopic (exact) mass is 1100 g/mol. The standard InChI is InChI=1S/C24H20N4O5.C20H17N4O3.C9H11NO2.HI/c29-21-19-13-7-8-14-20(19)22(30)28(21)27(15-17-9-3-1-4-10-17)23(31)25-26-24(32)33-16-18-11-5-2-6-12-18;1-21-11-12-22(14-21)20(27)23(13-15-7-3-2-4-8-15)24-18(25)16-9-5-6-10-17(16)19(24)26;10-6-9(11)12-7-8-4-2-1-3-5-8;/h1-14,29-30H,15-16H2;2-12,14H,13H2,1H3;1-5H,6-7,10H2;1H/q;+1;;/p-1. The second-order valence-electron chi connectivity index (χ2n) is 15.7. The zero-order valence-electron chi connectivity index (χ0n) is 39.1. The van der Waals surface area contributed by atoms with Crippen molar-refractivity contribution in [3.63, 3.8) is 0 Å². The average molecular weight is 1100 g/mol. The van der Waals surface area contributed by atoms with E-state index in [0.717, 1.165) is 31.4 Å². The zero-order valence-corrected chi connectivity index (χ0v) is 41.3. The maximum atomic E-state index is 13.1. The number of urea groups is 1. The summed E-state index contributed by atoms with van der Waals surface area (Å²) in [6.07, 6.45) is 3.83. The highest BCUT2D eigenvalue weighted by Gasteiger charge is 2.43. The third kappa shape index (κ3) is 13.7. The summed E-state index contributed by atoms with van der Waals surface area (Å²) in [7, 11) is 1.79. The Morgan fingerprint density at radius 3 is 1.47 bits per heavy atom. The molecule has 0 saturated carbocycles. The Hall–Kier alpha value is -9.02. The number of nitrogens with zero attached hydrogens (tertiary/aromatic N) is 8. The van der Waals surface area contributed by atoms with Crippen LogP contribution < -0.4 is 39.3 Å². The summed E-state index contributed by atoms with van der Waals surface area (Å²) >= 11 is 0. The minimum Gasteiger partial charge on any atom is -1.00 e. The van der Waals surface area contributed by atoms with Gasteiger partial charge >= 0.3 is 24.1 Å². The number of hydrogen-bond acceptors (Lipinski definition) is 11. The van der Waals surface area contributed by atoms with E-state index in [1.165, 1.54) is 9.58 Å². The molecule has 1 aliphatic heterocycles. The smallest absolute Gasteiger partial charge is 0.452 e. The molecule has 1 aliphatic rings. The van der Waals surface area contributed by atoms with Gasteiger partial charge in [-0.1, -0.05) is 156 Å². The normalized spacial score (nSPS) is 11.3. The van der Waals surface area contributed by atoms with Gasteiger partial charge in [-0.25, -0.2) is 29.0 Å². The summed E-state index contributed by atoms with van der Waals surface area (Å²) in [5.74, 6) is -2.09. The van der Waals surface area contributed by atoms with Crippen molar-refractivity contribution in [3.8, 4) is 11.8 Å². The lowest BCUT2D eigenvalue weighted by molar-refractivity contribution is -0.670.